The first-order valence-corrected chi connectivity index (χ1v) is 9.02. The normalized spacial score (nSPS) is 20.0. The van der Waals surface area contributed by atoms with Gasteiger partial charge in [-0.3, -0.25) is 14.2 Å². The van der Waals surface area contributed by atoms with Gasteiger partial charge in [0.25, 0.3) is 5.91 Å². The summed E-state index contributed by atoms with van der Waals surface area (Å²) < 4.78 is 3.13. The first-order valence-electron chi connectivity index (χ1n) is 8.69. The third kappa shape index (κ3) is 2.96. The maximum Gasteiger partial charge on any atom is 0.257 e. The molecular weight excluding hydrogens is 352 g/mol. The van der Waals surface area contributed by atoms with Crippen molar-refractivity contribution in [3.63, 3.8) is 0 Å². The zero-order valence-corrected chi connectivity index (χ0v) is 15.7. The molecule has 0 spiro atoms. The standard InChI is InChI=1S/C18H21ClN6O/c1-11-9-14(16-20-7-4-8-24(16)19)22-15-13(10-21-25(11)15)17(26)23-18(2,3)12-5-6-12/h4,7-10,12,16H,5-6H2,1-3H3,(H,23,26). The third-order valence-corrected chi connectivity index (χ3v) is 5.29. The Morgan fingerprint density at radius 3 is 2.85 bits per heavy atom. The second kappa shape index (κ2) is 6.09. The van der Waals surface area contributed by atoms with Crippen LogP contribution in [0, 0.1) is 12.8 Å². The van der Waals surface area contributed by atoms with Gasteiger partial charge in [0, 0.05) is 35.4 Å². The molecule has 0 saturated heterocycles. The Morgan fingerprint density at radius 2 is 2.15 bits per heavy atom. The van der Waals surface area contributed by atoms with Gasteiger partial charge >= 0.3 is 0 Å². The van der Waals surface area contributed by atoms with Crippen LogP contribution in [0.4, 0.5) is 0 Å². The first kappa shape index (κ1) is 17.0. The fraction of sp³-hybridized carbons (Fsp3) is 0.444. The number of allylic oxidation sites excluding steroid dienone is 1. The number of carbonyl (C=O) groups is 1. The molecule has 2 aliphatic rings. The minimum absolute atomic E-state index is 0.157. The van der Waals surface area contributed by atoms with Crippen molar-refractivity contribution in [1.29, 1.82) is 0 Å². The molecule has 1 aliphatic heterocycles. The van der Waals surface area contributed by atoms with Gasteiger partial charge in [0.05, 0.1) is 11.9 Å². The van der Waals surface area contributed by atoms with E-state index < -0.39 is 6.17 Å². The van der Waals surface area contributed by atoms with Crippen molar-refractivity contribution in [2.75, 3.05) is 0 Å². The summed E-state index contributed by atoms with van der Waals surface area (Å²) in [6.45, 7) is 6.04. The molecule has 0 aromatic carbocycles. The molecule has 26 heavy (non-hydrogen) atoms. The average Bonchev–Trinajstić information content (AvgIpc) is 3.35. The number of nitrogens with zero attached hydrogens (tertiary/aromatic N) is 5. The van der Waals surface area contributed by atoms with Gasteiger partial charge in [-0.25, -0.2) is 9.50 Å². The Labute approximate surface area is 156 Å². The van der Waals surface area contributed by atoms with E-state index in [1.54, 1.807) is 29.2 Å². The maximum absolute atomic E-state index is 12.8. The van der Waals surface area contributed by atoms with Crippen LogP contribution in [-0.2, 0) is 0 Å². The molecule has 7 nitrogen and oxygen atoms in total. The van der Waals surface area contributed by atoms with Crippen LogP contribution >= 0.6 is 11.8 Å². The van der Waals surface area contributed by atoms with Crippen LogP contribution in [0.25, 0.3) is 5.65 Å². The molecule has 1 N–H and O–H groups in total. The van der Waals surface area contributed by atoms with Gasteiger partial charge < -0.3 is 5.32 Å². The van der Waals surface area contributed by atoms with E-state index in [1.165, 1.54) is 4.42 Å². The number of hydrogen-bond donors (Lipinski definition) is 1. The van der Waals surface area contributed by atoms with Gasteiger partial charge in [-0.2, -0.15) is 5.10 Å². The van der Waals surface area contributed by atoms with Gasteiger partial charge in [-0.15, -0.1) is 0 Å². The average molecular weight is 373 g/mol. The zero-order chi connectivity index (χ0) is 18.5. The fourth-order valence-corrected chi connectivity index (χ4v) is 3.51. The molecule has 1 atom stereocenters. The highest BCUT2D eigenvalue weighted by molar-refractivity contribution is 6.14. The number of fused-ring (bicyclic) bond motifs is 1. The van der Waals surface area contributed by atoms with Crippen molar-refractivity contribution < 1.29 is 4.79 Å². The number of aryl methyl sites for hydroxylation is 1. The molecule has 1 saturated carbocycles. The van der Waals surface area contributed by atoms with Crippen molar-refractivity contribution in [1.82, 2.24) is 24.3 Å². The number of halogens is 1. The number of rotatable bonds is 4. The monoisotopic (exact) mass is 372 g/mol. The Balaban J connectivity index is 1.71. The maximum atomic E-state index is 12.8. The number of hydrogen-bond acceptors (Lipinski definition) is 5. The van der Waals surface area contributed by atoms with E-state index in [1.807, 2.05) is 13.0 Å². The number of carbonyl (C=O) groups excluding carboxylic acids is 1. The van der Waals surface area contributed by atoms with E-state index in [4.69, 9.17) is 11.8 Å². The van der Waals surface area contributed by atoms with Crippen LogP contribution in [0.2, 0.25) is 0 Å². The van der Waals surface area contributed by atoms with E-state index in [-0.39, 0.29) is 11.4 Å². The highest BCUT2D eigenvalue weighted by Crippen LogP contribution is 2.39. The van der Waals surface area contributed by atoms with Gasteiger partial charge in [0.15, 0.2) is 11.8 Å². The topological polar surface area (TPSA) is 74.9 Å². The molecule has 3 heterocycles. The highest BCUT2D eigenvalue weighted by Gasteiger charge is 2.39. The molecule has 2 aromatic heterocycles. The third-order valence-electron chi connectivity index (χ3n) is 4.99. The number of amides is 1. The molecule has 1 amide bonds. The smallest absolute Gasteiger partial charge is 0.257 e. The van der Waals surface area contributed by atoms with Gasteiger partial charge in [0.2, 0.25) is 0 Å². The van der Waals surface area contributed by atoms with E-state index in [0.717, 1.165) is 18.5 Å². The Kier molecular flexibility index (Phi) is 3.99. The van der Waals surface area contributed by atoms with Gasteiger partial charge in [-0.1, -0.05) is 0 Å². The van der Waals surface area contributed by atoms with Crippen molar-refractivity contribution in [3.8, 4) is 0 Å². The lowest BCUT2D eigenvalue weighted by atomic mass is 9.98. The fourth-order valence-electron chi connectivity index (χ4n) is 3.30. The van der Waals surface area contributed by atoms with Crippen LogP contribution in [0.1, 0.15) is 54.6 Å². The Morgan fingerprint density at radius 1 is 1.38 bits per heavy atom. The van der Waals surface area contributed by atoms with Crippen molar-refractivity contribution in [3.05, 3.63) is 41.5 Å². The molecule has 136 valence electrons. The van der Waals surface area contributed by atoms with Crippen LogP contribution < -0.4 is 5.32 Å². The summed E-state index contributed by atoms with van der Waals surface area (Å²) >= 11 is 6.22. The largest absolute Gasteiger partial charge is 0.347 e. The van der Waals surface area contributed by atoms with Crippen molar-refractivity contribution in [2.45, 2.75) is 45.3 Å². The van der Waals surface area contributed by atoms with Gasteiger partial charge in [0.1, 0.15) is 5.56 Å². The molecule has 8 heteroatoms. The first-order chi connectivity index (χ1) is 12.4. The van der Waals surface area contributed by atoms with Crippen LogP contribution in [-0.4, -0.2) is 36.7 Å². The SMILES string of the molecule is Cc1cc(C2N=CC=CN2Cl)nc2c(C(=O)NC(C)(C)C3CC3)cnn12. The summed E-state index contributed by atoms with van der Waals surface area (Å²) in [6.07, 6.45) is 8.62. The minimum atomic E-state index is -0.431. The summed E-state index contributed by atoms with van der Waals surface area (Å²) in [5.41, 5.74) is 2.27. The molecule has 4 rings (SSSR count). The number of nitrogens with one attached hydrogen (secondary N) is 1. The molecule has 0 bridgehead atoms. The van der Waals surface area contributed by atoms with Crippen LogP contribution in [0.15, 0.2) is 29.5 Å². The summed E-state index contributed by atoms with van der Waals surface area (Å²) in [6, 6.07) is 1.88. The van der Waals surface area contributed by atoms with Crippen molar-refractivity contribution in [2.24, 2.45) is 10.9 Å². The van der Waals surface area contributed by atoms with E-state index >= 15 is 0 Å². The number of aliphatic imine (C=N–C) groups is 1. The summed E-state index contributed by atoms with van der Waals surface area (Å²) in [5.74, 6) is 0.377. The second-order valence-corrected chi connectivity index (χ2v) is 7.81. The molecule has 1 aliphatic carbocycles. The predicted molar refractivity (Wildman–Crippen MR) is 100 cm³/mol. The Bertz CT molecular complexity index is 927. The quantitative estimate of drug-likeness (QED) is 0.837. The van der Waals surface area contributed by atoms with Crippen LogP contribution in [0.3, 0.4) is 0 Å². The molecule has 1 fully saturated rings. The number of aromatic nitrogens is 3. The van der Waals surface area contributed by atoms with Gasteiger partial charge in [-0.05, 0) is 51.7 Å². The lowest BCUT2D eigenvalue weighted by Crippen LogP contribution is -2.45. The molecule has 1 unspecified atom stereocenters. The molecular formula is C18H21ClN6O. The lowest BCUT2D eigenvalue weighted by Gasteiger charge is -2.26. The van der Waals surface area contributed by atoms with E-state index in [2.05, 4.69) is 34.2 Å². The van der Waals surface area contributed by atoms with E-state index in [0.29, 0.717) is 22.8 Å². The van der Waals surface area contributed by atoms with Crippen molar-refractivity contribution >= 4 is 29.5 Å². The summed E-state index contributed by atoms with van der Waals surface area (Å²) in [5, 5.41) is 7.46. The second-order valence-electron chi connectivity index (χ2n) is 7.42. The zero-order valence-electron chi connectivity index (χ0n) is 15.0. The highest BCUT2D eigenvalue weighted by atomic mass is 35.5. The minimum Gasteiger partial charge on any atom is -0.347 e. The summed E-state index contributed by atoms with van der Waals surface area (Å²) in [4.78, 5) is 21.9. The predicted octanol–water partition coefficient (Wildman–Crippen LogP) is 3.01. The van der Waals surface area contributed by atoms with E-state index in [9.17, 15) is 4.79 Å². The van der Waals surface area contributed by atoms with Crippen LogP contribution in [0.5, 0.6) is 0 Å². The molecule has 0 radical (unpaired) electrons. The molecule has 2 aromatic rings. The lowest BCUT2D eigenvalue weighted by molar-refractivity contribution is 0.0905. The Hall–Kier alpha value is -2.41. The summed E-state index contributed by atoms with van der Waals surface area (Å²) in [7, 11) is 0.